The van der Waals surface area contributed by atoms with Crippen LogP contribution in [0.1, 0.15) is 5.56 Å². The molecule has 2 rings (SSSR count). The van der Waals surface area contributed by atoms with Crippen LogP contribution in [0.25, 0.3) is 0 Å². The fourth-order valence-corrected chi connectivity index (χ4v) is 5.04. The number of anilines is 1. The van der Waals surface area contributed by atoms with Gasteiger partial charge in [0.2, 0.25) is 0 Å². The molecule has 22 heavy (non-hydrogen) atoms. The van der Waals surface area contributed by atoms with Gasteiger partial charge in [0, 0.05) is 0 Å². The Morgan fingerprint density at radius 3 is 2.18 bits per heavy atom. The molecule has 1 aromatic carbocycles. The van der Waals surface area contributed by atoms with Gasteiger partial charge >= 0.3 is 6.18 Å². The van der Waals surface area contributed by atoms with Gasteiger partial charge in [-0.2, -0.15) is 13.2 Å². The van der Waals surface area contributed by atoms with E-state index in [0.29, 0.717) is 17.4 Å². The lowest BCUT2D eigenvalue weighted by Crippen LogP contribution is -2.13. The third-order valence-electron chi connectivity index (χ3n) is 2.41. The summed E-state index contributed by atoms with van der Waals surface area (Å²) < 4.78 is 64.1. The maximum Gasteiger partial charge on any atom is 0.416 e. The molecule has 1 heterocycles. The van der Waals surface area contributed by atoms with Crippen LogP contribution in [0.4, 0.5) is 18.9 Å². The molecule has 1 N–H and O–H groups in total. The first-order valence-electron chi connectivity index (χ1n) is 5.35. The van der Waals surface area contributed by atoms with Gasteiger partial charge in [-0.15, -0.1) is 11.3 Å². The van der Waals surface area contributed by atoms with E-state index < -0.39 is 27.5 Å². The average molecular weight is 411 g/mol. The molecular weight excluding hydrogens is 406 g/mol. The van der Waals surface area contributed by atoms with Crippen LogP contribution >= 0.6 is 46.1 Å². The standard InChI is InChI=1S/C11H5Cl3F3NO2S2/c12-6-2-1-5(11(15,16)17)3-8(6)18-22(19,20)10-7(13)4-9(14)21-10/h1-4,18H. The normalized spacial score (nSPS) is 12.5. The number of halogens is 6. The van der Waals surface area contributed by atoms with Crippen LogP contribution in [0, 0.1) is 0 Å². The molecule has 0 aliphatic heterocycles. The molecule has 1 aromatic heterocycles. The third-order valence-corrected chi connectivity index (χ3v) is 6.42. The van der Waals surface area contributed by atoms with Crippen LogP contribution in [0.3, 0.4) is 0 Å². The molecule has 3 nitrogen and oxygen atoms in total. The molecule has 0 unspecified atom stereocenters. The van der Waals surface area contributed by atoms with Crippen molar-refractivity contribution in [1.82, 2.24) is 0 Å². The van der Waals surface area contributed by atoms with Crippen molar-refractivity contribution in [2.45, 2.75) is 10.4 Å². The summed E-state index contributed by atoms with van der Waals surface area (Å²) in [5, 5.41) is -0.319. The number of nitrogens with one attached hydrogen (secondary N) is 1. The van der Waals surface area contributed by atoms with Crippen LogP contribution in [0.5, 0.6) is 0 Å². The molecule has 0 amide bonds. The minimum Gasteiger partial charge on any atom is -0.277 e. The fourth-order valence-electron chi connectivity index (χ4n) is 1.48. The Morgan fingerprint density at radius 1 is 1.05 bits per heavy atom. The first kappa shape index (κ1) is 17.7. The van der Waals surface area contributed by atoms with E-state index in [2.05, 4.69) is 0 Å². The molecule has 0 spiro atoms. The van der Waals surface area contributed by atoms with Gasteiger partial charge < -0.3 is 0 Å². The van der Waals surface area contributed by atoms with Crippen molar-refractivity contribution in [3.63, 3.8) is 0 Å². The highest BCUT2D eigenvalue weighted by atomic mass is 35.5. The lowest BCUT2D eigenvalue weighted by molar-refractivity contribution is -0.137. The SMILES string of the molecule is O=S(=O)(Nc1cc(C(F)(F)F)ccc1Cl)c1sc(Cl)cc1Cl. The summed E-state index contributed by atoms with van der Waals surface area (Å²) in [4.78, 5) is 0. The highest BCUT2D eigenvalue weighted by Gasteiger charge is 2.31. The Bertz CT molecular complexity index is 818. The van der Waals surface area contributed by atoms with E-state index in [1.807, 2.05) is 4.72 Å². The molecule has 0 atom stereocenters. The molecule has 120 valence electrons. The molecule has 0 aliphatic rings. The number of rotatable bonds is 3. The topological polar surface area (TPSA) is 46.2 Å². The van der Waals surface area contributed by atoms with E-state index in [0.717, 1.165) is 12.1 Å². The minimum absolute atomic E-state index is 0.125. The first-order valence-corrected chi connectivity index (χ1v) is 8.78. The fraction of sp³-hybridized carbons (Fsp3) is 0.0909. The number of thiophene rings is 1. The minimum atomic E-state index is -4.63. The molecule has 2 aromatic rings. The van der Waals surface area contributed by atoms with E-state index in [4.69, 9.17) is 34.8 Å². The first-order chi connectivity index (χ1) is 10.0. The molecule has 0 aliphatic carbocycles. The van der Waals surface area contributed by atoms with E-state index in [-0.39, 0.29) is 18.6 Å². The van der Waals surface area contributed by atoms with E-state index in [1.54, 1.807) is 0 Å². The van der Waals surface area contributed by atoms with Gasteiger partial charge in [-0.25, -0.2) is 8.42 Å². The number of hydrogen-bond acceptors (Lipinski definition) is 3. The largest absolute Gasteiger partial charge is 0.416 e. The predicted octanol–water partition coefficient (Wildman–Crippen LogP) is 5.53. The van der Waals surface area contributed by atoms with Crippen LogP contribution < -0.4 is 4.72 Å². The molecular formula is C11H5Cl3F3NO2S2. The predicted molar refractivity (Wildman–Crippen MR) is 81.6 cm³/mol. The molecule has 0 saturated heterocycles. The van der Waals surface area contributed by atoms with Crippen molar-refractivity contribution in [1.29, 1.82) is 0 Å². The lowest BCUT2D eigenvalue weighted by Gasteiger charge is -2.12. The van der Waals surface area contributed by atoms with E-state index in [9.17, 15) is 21.6 Å². The second-order valence-corrected chi connectivity index (χ2v) is 8.36. The summed E-state index contributed by atoms with van der Waals surface area (Å²) in [6.45, 7) is 0. The zero-order chi connectivity index (χ0) is 16.7. The smallest absolute Gasteiger partial charge is 0.277 e. The van der Waals surface area contributed by atoms with Crippen LogP contribution in [-0.2, 0) is 16.2 Å². The Kier molecular flexibility index (Phi) is 4.89. The van der Waals surface area contributed by atoms with Gasteiger partial charge in [-0.3, -0.25) is 4.72 Å². The number of alkyl halides is 3. The molecule has 11 heteroatoms. The molecule has 0 fully saturated rings. The average Bonchev–Trinajstić information content (AvgIpc) is 2.70. The van der Waals surface area contributed by atoms with Crippen molar-refractivity contribution in [3.8, 4) is 0 Å². The summed E-state index contributed by atoms with van der Waals surface area (Å²) >= 11 is 17.8. The van der Waals surface area contributed by atoms with Crippen molar-refractivity contribution in [3.05, 3.63) is 44.2 Å². The van der Waals surface area contributed by atoms with E-state index >= 15 is 0 Å². The second-order valence-electron chi connectivity index (χ2n) is 3.98. The quantitative estimate of drug-likeness (QED) is 0.723. The monoisotopic (exact) mass is 409 g/mol. The van der Waals surface area contributed by atoms with Crippen LogP contribution in [0.15, 0.2) is 28.5 Å². The number of sulfonamides is 1. The molecule has 0 saturated carbocycles. The number of hydrogen-bond donors (Lipinski definition) is 1. The van der Waals surface area contributed by atoms with Crippen LogP contribution in [0.2, 0.25) is 14.4 Å². The summed E-state index contributed by atoms with van der Waals surface area (Å²) in [5.74, 6) is 0. The Morgan fingerprint density at radius 2 is 1.68 bits per heavy atom. The Hall–Kier alpha value is -0.670. The summed E-state index contributed by atoms with van der Waals surface area (Å²) in [6, 6.07) is 3.51. The Labute approximate surface area is 142 Å². The Balaban J connectivity index is 2.44. The van der Waals surface area contributed by atoms with Crippen LogP contribution in [-0.4, -0.2) is 8.42 Å². The van der Waals surface area contributed by atoms with Gasteiger partial charge in [0.15, 0.2) is 4.21 Å². The third kappa shape index (κ3) is 3.80. The van der Waals surface area contributed by atoms with Gasteiger partial charge in [-0.1, -0.05) is 34.8 Å². The molecule has 0 bridgehead atoms. The van der Waals surface area contributed by atoms with E-state index in [1.165, 1.54) is 6.07 Å². The maximum absolute atomic E-state index is 12.7. The summed E-state index contributed by atoms with van der Waals surface area (Å²) in [7, 11) is -4.21. The van der Waals surface area contributed by atoms with Gasteiger partial charge in [-0.05, 0) is 24.3 Å². The number of benzene rings is 1. The lowest BCUT2D eigenvalue weighted by atomic mass is 10.2. The van der Waals surface area contributed by atoms with Gasteiger partial charge in [0.25, 0.3) is 10.0 Å². The van der Waals surface area contributed by atoms with Gasteiger partial charge in [0.1, 0.15) is 0 Å². The zero-order valence-electron chi connectivity index (χ0n) is 10.2. The highest BCUT2D eigenvalue weighted by Crippen LogP contribution is 2.38. The highest BCUT2D eigenvalue weighted by molar-refractivity contribution is 7.94. The van der Waals surface area contributed by atoms with Crippen molar-refractivity contribution in [2.75, 3.05) is 4.72 Å². The summed E-state index contributed by atoms with van der Waals surface area (Å²) in [6.07, 6.45) is -4.63. The van der Waals surface area contributed by atoms with Crippen molar-refractivity contribution in [2.24, 2.45) is 0 Å². The molecule has 0 radical (unpaired) electrons. The zero-order valence-corrected chi connectivity index (χ0v) is 14.1. The summed E-state index contributed by atoms with van der Waals surface area (Å²) in [5.41, 5.74) is -1.44. The second kappa shape index (κ2) is 6.09. The van der Waals surface area contributed by atoms with Gasteiger partial charge in [0.05, 0.1) is 25.6 Å². The maximum atomic E-state index is 12.7. The van der Waals surface area contributed by atoms with Crippen molar-refractivity contribution < 1.29 is 21.6 Å². The van der Waals surface area contributed by atoms with Crippen molar-refractivity contribution >= 4 is 61.9 Å².